The molecule has 0 saturated carbocycles. The van der Waals surface area contributed by atoms with Crippen molar-refractivity contribution in [1.82, 2.24) is 15.8 Å². The Bertz CT molecular complexity index is 757. The summed E-state index contributed by atoms with van der Waals surface area (Å²) < 4.78 is 0. The van der Waals surface area contributed by atoms with E-state index in [9.17, 15) is 9.90 Å². The molecule has 0 radical (unpaired) electrons. The monoisotopic (exact) mass is 323 g/mol. The molecule has 2 saturated heterocycles. The Kier molecular flexibility index (Phi) is 3.55. The smallest absolute Gasteiger partial charge is 0.241 e. The number of hydrogen-bond donors (Lipinski definition) is 3. The van der Waals surface area contributed by atoms with Crippen LogP contribution in [0.2, 0.25) is 0 Å². The van der Waals surface area contributed by atoms with Crippen LogP contribution in [0.25, 0.3) is 0 Å². The van der Waals surface area contributed by atoms with Crippen LogP contribution in [0.3, 0.4) is 0 Å². The molecular weight excluding hydrogens is 302 g/mol. The van der Waals surface area contributed by atoms with Crippen LogP contribution >= 0.6 is 0 Å². The highest BCUT2D eigenvalue weighted by Crippen LogP contribution is 2.46. The van der Waals surface area contributed by atoms with E-state index in [0.717, 1.165) is 5.56 Å². The Balaban J connectivity index is 1.74. The quantitative estimate of drug-likeness (QED) is 0.791. The van der Waals surface area contributed by atoms with Gasteiger partial charge in [0.25, 0.3) is 0 Å². The number of nitrogens with one attached hydrogen (secondary N) is 2. The Hall–Kier alpha value is -2.37. The number of phenols is 1. The van der Waals surface area contributed by atoms with Gasteiger partial charge in [-0.3, -0.25) is 4.79 Å². The third kappa shape index (κ3) is 2.28. The second-order valence-corrected chi connectivity index (χ2v) is 6.72. The van der Waals surface area contributed by atoms with Crippen molar-refractivity contribution in [3.63, 3.8) is 0 Å². The van der Waals surface area contributed by atoms with E-state index in [4.69, 9.17) is 0 Å². The molecule has 2 aliphatic rings. The van der Waals surface area contributed by atoms with Crippen LogP contribution in [-0.4, -0.2) is 29.0 Å². The molecule has 5 heteroatoms. The van der Waals surface area contributed by atoms with Gasteiger partial charge >= 0.3 is 0 Å². The van der Waals surface area contributed by atoms with Gasteiger partial charge in [0, 0.05) is 13.0 Å². The number of likely N-dealkylation sites (tertiary alicyclic amines) is 1. The lowest BCUT2D eigenvalue weighted by atomic mass is 9.83. The number of carbonyl (C=O) groups excluding carboxylic acids is 1. The SMILES string of the molecule is Cc1ccc(C2NNC3C(=O)N(C)C(c4ccc(O)cc4)C32)cc1. The number of carbonyl (C=O) groups is 1. The molecule has 4 unspecified atom stereocenters. The molecule has 1 amide bonds. The normalized spacial score (nSPS) is 29.1. The number of nitrogens with zero attached hydrogens (tertiary/aromatic N) is 1. The fourth-order valence-corrected chi connectivity index (χ4v) is 3.97. The van der Waals surface area contributed by atoms with Gasteiger partial charge in [-0.2, -0.15) is 0 Å². The van der Waals surface area contributed by atoms with Crippen LogP contribution in [0, 0.1) is 12.8 Å². The first-order chi connectivity index (χ1) is 11.6. The van der Waals surface area contributed by atoms with E-state index < -0.39 is 0 Å². The topological polar surface area (TPSA) is 64.6 Å². The summed E-state index contributed by atoms with van der Waals surface area (Å²) in [6.45, 7) is 2.07. The molecule has 2 aromatic rings. The van der Waals surface area contributed by atoms with Crippen LogP contribution < -0.4 is 10.9 Å². The van der Waals surface area contributed by atoms with Crippen molar-refractivity contribution < 1.29 is 9.90 Å². The van der Waals surface area contributed by atoms with Gasteiger partial charge < -0.3 is 10.0 Å². The molecule has 0 aromatic heterocycles. The standard InChI is InChI=1S/C19H21N3O2/c1-11-3-5-12(6-4-11)16-15-17(21-20-16)19(24)22(2)18(15)13-7-9-14(23)10-8-13/h3-10,15-18,20-21,23H,1-2H3. The first kappa shape index (κ1) is 15.2. The first-order valence-electron chi connectivity index (χ1n) is 8.19. The van der Waals surface area contributed by atoms with E-state index in [-0.39, 0.29) is 35.7 Å². The van der Waals surface area contributed by atoms with Crippen LogP contribution in [0.4, 0.5) is 0 Å². The third-order valence-electron chi connectivity index (χ3n) is 5.23. The predicted molar refractivity (Wildman–Crippen MR) is 91.1 cm³/mol. The molecule has 3 N–H and O–H groups in total. The summed E-state index contributed by atoms with van der Waals surface area (Å²) in [4.78, 5) is 14.5. The minimum absolute atomic E-state index is 0.0306. The highest BCUT2D eigenvalue weighted by atomic mass is 16.3. The van der Waals surface area contributed by atoms with Crippen molar-refractivity contribution in [3.8, 4) is 5.75 Å². The fraction of sp³-hybridized carbons (Fsp3) is 0.316. The molecule has 2 aliphatic heterocycles. The van der Waals surface area contributed by atoms with Gasteiger partial charge in [-0.15, -0.1) is 0 Å². The lowest BCUT2D eigenvalue weighted by molar-refractivity contribution is -0.129. The lowest BCUT2D eigenvalue weighted by Crippen LogP contribution is -2.39. The van der Waals surface area contributed by atoms with Gasteiger partial charge in [-0.05, 0) is 30.2 Å². The van der Waals surface area contributed by atoms with E-state index in [1.165, 1.54) is 11.1 Å². The number of benzene rings is 2. The Labute approximate surface area is 141 Å². The second-order valence-electron chi connectivity index (χ2n) is 6.72. The largest absolute Gasteiger partial charge is 0.508 e. The van der Waals surface area contributed by atoms with Gasteiger partial charge in [-0.25, -0.2) is 10.9 Å². The van der Waals surface area contributed by atoms with E-state index in [0.29, 0.717) is 0 Å². The zero-order valence-electron chi connectivity index (χ0n) is 13.7. The van der Waals surface area contributed by atoms with Crippen LogP contribution in [0.1, 0.15) is 28.8 Å². The summed E-state index contributed by atoms with van der Waals surface area (Å²) in [7, 11) is 1.85. The molecule has 24 heavy (non-hydrogen) atoms. The number of likely N-dealkylation sites (N-methyl/N-ethyl adjacent to an activating group) is 1. The minimum Gasteiger partial charge on any atom is -0.508 e. The molecular formula is C19H21N3O2. The number of aromatic hydroxyl groups is 1. The van der Waals surface area contributed by atoms with Crippen molar-refractivity contribution >= 4 is 5.91 Å². The summed E-state index contributed by atoms with van der Waals surface area (Å²) in [6, 6.07) is 15.4. The maximum atomic E-state index is 12.6. The molecule has 5 nitrogen and oxygen atoms in total. The van der Waals surface area contributed by atoms with Gasteiger partial charge in [-0.1, -0.05) is 42.0 Å². The molecule has 124 valence electrons. The molecule has 0 spiro atoms. The minimum atomic E-state index is -0.236. The van der Waals surface area contributed by atoms with Gasteiger partial charge in [0.15, 0.2) is 0 Å². The number of fused-ring (bicyclic) bond motifs is 1. The number of rotatable bonds is 2. The maximum absolute atomic E-state index is 12.6. The number of hydrogen-bond acceptors (Lipinski definition) is 4. The van der Waals surface area contributed by atoms with E-state index >= 15 is 0 Å². The molecule has 2 fully saturated rings. The Morgan fingerprint density at radius 2 is 1.50 bits per heavy atom. The van der Waals surface area contributed by atoms with E-state index in [1.54, 1.807) is 12.1 Å². The van der Waals surface area contributed by atoms with Crippen molar-refractivity contribution in [1.29, 1.82) is 0 Å². The molecule has 4 atom stereocenters. The zero-order valence-corrected chi connectivity index (χ0v) is 13.7. The molecule has 0 bridgehead atoms. The van der Waals surface area contributed by atoms with E-state index in [1.807, 2.05) is 24.1 Å². The lowest BCUT2D eigenvalue weighted by Gasteiger charge is -2.28. The summed E-state index contributed by atoms with van der Waals surface area (Å²) in [5.74, 6) is 0.426. The summed E-state index contributed by atoms with van der Waals surface area (Å²) in [5.41, 5.74) is 9.92. The summed E-state index contributed by atoms with van der Waals surface area (Å²) in [5, 5.41) is 9.56. The van der Waals surface area contributed by atoms with Crippen molar-refractivity contribution in [3.05, 3.63) is 65.2 Å². The number of hydrazine groups is 1. The van der Waals surface area contributed by atoms with E-state index in [2.05, 4.69) is 42.0 Å². The van der Waals surface area contributed by atoms with Crippen LogP contribution in [0.5, 0.6) is 5.75 Å². The zero-order chi connectivity index (χ0) is 16.8. The average Bonchev–Trinajstić information content (AvgIpc) is 3.10. The van der Waals surface area contributed by atoms with Crippen molar-refractivity contribution in [2.45, 2.75) is 25.0 Å². The van der Waals surface area contributed by atoms with Gasteiger partial charge in [0.2, 0.25) is 5.91 Å². The summed E-state index contributed by atoms with van der Waals surface area (Å²) >= 11 is 0. The van der Waals surface area contributed by atoms with Crippen LogP contribution in [0.15, 0.2) is 48.5 Å². The fourth-order valence-electron chi connectivity index (χ4n) is 3.97. The maximum Gasteiger partial charge on any atom is 0.241 e. The Morgan fingerprint density at radius 1 is 0.917 bits per heavy atom. The molecule has 2 heterocycles. The molecule has 2 aromatic carbocycles. The number of phenolic OH excluding ortho intramolecular Hbond substituents is 1. The molecule has 4 rings (SSSR count). The average molecular weight is 323 g/mol. The van der Waals surface area contributed by atoms with Crippen LogP contribution in [-0.2, 0) is 4.79 Å². The molecule has 0 aliphatic carbocycles. The second kappa shape index (κ2) is 5.61. The Morgan fingerprint density at radius 3 is 2.17 bits per heavy atom. The van der Waals surface area contributed by atoms with Crippen molar-refractivity contribution in [2.24, 2.45) is 5.92 Å². The number of amides is 1. The number of aryl methyl sites for hydroxylation is 1. The third-order valence-corrected chi connectivity index (χ3v) is 5.23. The highest BCUT2D eigenvalue weighted by Gasteiger charge is 2.54. The summed E-state index contributed by atoms with van der Waals surface area (Å²) in [6.07, 6.45) is 0. The highest BCUT2D eigenvalue weighted by molar-refractivity contribution is 5.86. The van der Waals surface area contributed by atoms with Gasteiger partial charge in [0.1, 0.15) is 11.8 Å². The predicted octanol–water partition coefficient (Wildman–Crippen LogP) is 2.05. The van der Waals surface area contributed by atoms with Gasteiger partial charge in [0.05, 0.1) is 12.1 Å². The van der Waals surface area contributed by atoms with Crippen molar-refractivity contribution in [2.75, 3.05) is 7.05 Å². The first-order valence-corrected chi connectivity index (χ1v) is 8.19.